The van der Waals surface area contributed by atoms with Crippen LogP contribution in [0.5, 0.6) is 0 Å². The van der Waals surface area contributed by atoms with E-state index in [2.05, 4.69) is 0 Å². The molecular weight excluding hydrogens is 212 g/mol. The summed E-state index contributed by atoms with van der Waals surface area (Å²) < 4.78 is 0. The van der Waals surface area contributed by atoms with Crippen molar-refractivity contribution in [2.45, 2.75) is 25.7 Å². The molecule has 0 saturated carbocycles. The van der Waals surface area contributed by atoms with Gasteiger partial charge in [-0.15, -0.1) is 11.3 Å². The van der Waals surface area contributed by atoms with E-state index in [1.54, 1.807) is 0 Å². The first-order chi connectivity index (χ1) is 6.99. The molecule has 0 bridgehead atoms. The Bertz CT molecular complexity index is 357. The highest BCUT2D eigenvalue weighted by atomic mass is 32.1. The van der Waals surface area contributed by atoms with Crippen LogP contribution in [0, 0.1) is 6.92 Å². The van der Waals surface area contributed by atoms with Gasteiger partial charge in [0.1, 0.15) is 0 Å². The quantitative estimate of drug-likeness (QED) is 0.781. The zero-order valence-electron chi connectivity index (χ0n) is 8.53. The van der Waals surface area contributed by atoms with Crippen molar-refractivity contribution in [2.75, 3.05) is 0 Å². The van der Waals surface area contributed by atoms with Crippen molar-refractivity contribution in [1.29, 1.82) is 0 Å². The molecule has 0 aliphatic heterocycles. The fraction of sp³-hybridized carbons (Fsp3) is 0.400. The predicted molar refractivity (Wildman–Crippen MR) is 59.4 cm³/mol. The molecule has 2 amide bonds. The van der Waals surface area contributed by atoms with E-state index in [1.807, 2.05) is 18.4 Å². The summed E-state index contributed by atoms with van der Waals surface area (Å²) in [7, 11) is 0. The van der Waals surface area contributed by atoms with Gasteiger partial charge < -0.3 is 11.5 Å². The summed E-state index contributed by atoms with van der Waals surface area (Å²) in [4.78, 5) is 22.7. The van der Waals surface area contributed by atoms with E-state index in [1.165, 1.54) is 11.3 Å². The molecule has 15 heavy (non-hydrogen) atoms. The Labute approximate surface area is 92.3 Å². The van der Waals surface area contributed by atoms with Crippen molar-refractivity contribution in [3.8, 4) is 0 Å². The second-order valence-corrected chi connectivity index (χ2v) is 4.51. The second kappa shape index (κ2) is 4.93. The van der Waals surface area contributed by atoms with E-state index in [4.69, 9.17) is 11.5 Å². The highest BCUT2D eigenvalue weighted by Gasteiger charge is 2.18. The lowest BCUT2D eigenvalue weighted by molar-refractivity contribution is -0.119. The summed E-state index contributed by atoms with van der Waals surface area (Å²) in [5, 5.41) is 1.98. The molecule has 82 valence electrons. The first-order valence-corrected chi connectivity index (χ1v) is 5.48. The Hall–Kier alpha value is -1.36. The van der Waals surface area contributed by atoms with Gasteiger partial charge in [-0.2, -0.15) is 0 Å². The van der Waals surface area contributed by atoms with Gasteiger partial charge in [0.15, 0.2) is 0 Å². The number of hydrogen-bond acceptors (Lipinski definition) is 3. The van der Waals surface area contributed by atoms with Crippen molar-refractivity contribution >= 4 is 23.2 Å². The molecule has 4 N–H and O–H groups in total. The van der Waals surface area contributed by atoms with Gasteiger partial charge in [-0.3, -0.25) is 9.59 Å². The minimum atomic E-state index is -0.410. The molecule has 0 saturated heterocycles. The van der Waals surface area contributed by atoms with Gasteiger partial charge in [-0.25, -0.2) is 0 Å². The average molecular weight is 226 g/mol. The van der Waals surface area contributed by atoms with E-state index in [9.17, 15) is 9.59 Å². The number of hydrogen-bond donors (Lipinski definition) is 2. The molecule has 1 rings (SSSR count). The Morgan fingerprint density at radius 3 is 2.20 bits per heavy atom. The predicted octanol–water partition coefficient (Wildman–Crippen LogP) is 0.891. The van der Waals surface area contributed by atoms with Gasteiger partial charge in [0.25, 0.3) is 0 Å². The number of rotatable bonds is 5. The third-order valence-corrected chi connectivity index (χ3v) is 3.26. The summed E-state index contributed by atoms with van der Waals surface area (Å²) in [5.74, 6) is -0.988. The fourth-order valence-corrected chi connectivity index (χ4v) is 2.43. The molecule has 1 aromatic heterocycles. The summed E-state index contributed by atoms with van der Waals surface area (Å²) in [6.45, 7) is 1.96. The smallest absolute Gasteiger partial charge is 0.218 e. The zero-order chi connectivity index (χ0) is 11.4. The van der Waals surface area contributed by atoms with Crippen LogP contribution in [0.25, 0.3) is 0 Å². The van der Waals surface area contributed by atoms with Crippen LogP contribution in [0.2, 0.25) is 0 Å². The molecule has 4 nitrogen and oxygen atoms in total. The Morgan fingerprint density at radius 1 is 1.33 bits per heavy atom. The lowest BCUT2D eigenvalue weighted by Crippen LogP contribution is -2.20. The molecule has 0 aliphatic carbocycles. The maximum atomic E-state index is 10.8. The van der Waals surface area contributed by atoms with Crippen molar-refractivity contribution in [3.63, 3.8) is 0 Å². The molecule has 0 atom stereocenters. The molecule has 0 aromatic carbocycles. The molecule has 0 spiro atoms. The maximum absolute atomic E-state index is 10.8. The van der Waals surface area contributed by atoms with Crippen LogP contribution in [0.1, 0.15) is 29.2 Å². The average Bonchev–Trinajstić information content (AvgIpc) is 2.48. The molecular formula is C10H14N2O2S. The van der Waals surface area contributed by atoms with Crippen LogP contribution in [0.15, 0.2) is 11.4 Å². The lowest BCUT2D eigenvalue weighted by atomic mass is 9.98. The second-order valence-electron chi connectivity index (χ2n) is 3.56. The SMILES string of the molecule is Cc1csc(C(CC(N)=O)CC(N)=O)c1. The van der Waals surface area contributed by atoms with Gasteiger partial charge in [-0.05, 0) is 23.9 Å². The number of nitrogens with two attached hydrogens (primary N) is 2. The van der Waals surface area contributed by atoms with Gasteiger partial charge in [0, 0.05) is 23.6 Å². The number of carbonyl (C=O) groups excluding carboxylic acids is 2. The molecule has 1 aromatic rings. The van der Waals surface area contributed by atoms with Crippen LogP contribution in [-0.2, 0) is 9.59 Å². The number of carbonyl (C=O) groups is 2. The molecule has 0 fully saturated rings. The van der Waals surface area contributed by atoms with Crippen molar-refractivity contribution < 1.29 is 9.59 Å². The van der Waals surface area contributed by atoms with Crippen molar-refractivity contribution in [2.24, 2.45) is 11.5 Å². The summed E-state index contributed by atoms with van der Waals surface area (Å²) in [6, 6.07) is 1.96. The summed E-state index contributed by atoms with van der Waals surface area (Å²) in [5.41, 5.74) is 11.4. The van der Waals surface area contributed by atoms with E-state index in [0.717, 1.165) is 10.4 Å². The number of thiophene rings is 1. The largest absolute Gasteiger partial charge is 0.370 e. The first-order valence-electron chi connectivity index (χ1n) is 4.60. The van der Waals surface area contributed by atoms with E-state index < -0.39 is 11.8 Å². The zero-order valence-corrected chi connectivity index (χ0v) is 9.34. The minimum absolute atomic E-state index is 0.168. The highest BCUT2D eigenvalue weighted by molar-refractivity contribution is 7.10. The number of aryl methyl sites for hydroxylation is 1. The van der Waals surface area contributed by atoms with Gasteiger partial charge >= 0.3 is 0 Å². The standard InChI is InChI=1S/C10H14N2O2S/c1-6-2-8(15-5-6)7(3-9(11)13)4-10(12)14/h2,5,7H,3-4H2,1H3,(H2,11,13)(H2,12,14). The van der Waals surface area contributed by atoms with Gasteiger partial charge in [-0.1, -0.05) is 0 Å². The highest BCUT2D eigenvalue weighted by Crippen LogP contribution is 2.28. The minimum Gasteiger partial charge on any atom is -0.370 e. The molecule has 0 unspecified atom stereocenters. The van der Waals surface area contributed by atoms with E-state index >= 15 is 0 Å². The fourth-order valence-electron chi connectivity index (χ4n) is 1.43. The Kier molecular flexibility index (Phi) is 3.85. The maximum Gasteiger partial charge on any atom is 0.218 e. The monoisotopic (exact) mass is 226 g/mol. The van der Waals surface area contributed by atoms with Crippen LogP contribution in [0.4, 0.5) is 0 Å². The van der Waals surface area contributed by atoms with E-state index in [-0.39, 0.29) is 18.8 Å². The van der Waals surface area contributed by atoms with Crippen LogP contribution >= 0.6 is 11.3 Å². The van der Waals surface area contributed by atoms with Crippen LogP contribution in [0.3, 0.4) is 0 Å². The van der Waals surface area contributed by atoms with E-state index in [0.29, 0.717) is 0 Å². The third-order valence-electron chi connectivity index (χ3n) is 2.05. The third kappa shape index (κ3) is 3.71. The molecule has 5 heteroatoms. The van der Waals surface area contributed by atoms with Crippen LogP contribution < -0.4 is 11.5 Å². The van der Waals surface area contributed by atoms with Crippen molar-refractivity contribution in [1.82, 2.24) is 0 Å². The Morgan fingerprint density at radius 2 is 1.87 bits per heavy atom. The normalized spacial score (nSPS) is 10.5. The van der Waals surface area contributed by atoms with Crippen molar-refractivity contribution in [3.05, 3.63) is 21.9 Å². The topological polar surface area (TPSA) is 86.2 Å². The summed E-state index contributed by atoms with van der Waals surface area (Å²) >= 11 is 1.53. The molecule has 1 heterocycles. The van der Waals surface area contributed by atoms with Gasteiger partial charge in [0.05, 0.1) is 0 Å². The summed E-state index contributed by atoms with van der Waals surface area (Å²) in [6.07, 6.45) is 0.339. The Balaban J connectivity index is 2.80. The lowest BCUT2D eigenvalue weighted by Gasteiger charge is -2.10. The van der Waals surface area contributed by atoms with Crippen LogP contribution in [-0.4, -0.2) is 11.8 Å². The molecule has 0 radical (unpaired) electrons. The first kappa shape index (κ1) is 11.7. The number of primary amides is 2. The van der Waals surface area contributed by atoms with Gasteiger partial charge in [0.2, 0.25) is 11.8 Å². The number of amides is 2. The molecule has 0 aliphatic rings.